The van der Waals surface area contributed by atoms with Crippen LogP contribution in [-0.4, -0.2) is 26.7 Å². The Hall–Kier alpha value is -4.02. The Kier molecular flexibility index (Phi) is 4.31. The molecule has 3 heterocycles. The summed E-state index contributed by atoms with van der Waals surface area (Å²) in [5.41, 5.74) is -0.0538. The van der Waals surface area contributed by atoms with Crippen molar-refractivity contribution in [2.45, 2.75) is 6.18 Å². The molecule has 1 aliphatic heterocycles. The molecule has 1 aliphatic rings. The van der Waals surface area contributed by atoms with Gasteiger partial charge in [0.05, 0.1) is 35.2 Å². The Morgan fingerprint density at radius 1 is 1.16 bits per heavy atom. The number of aromatic amines is 1. The third kappa shape index (κ3) is 3.77. The first-order chi connectivity index (χ1) is 14.8. The van der Waals surface area contributed by atoms with Gasteiger partial charge in [-0.3, -0.25) is 0 Å². The molecule has 0 atom stereocenters. The lowest BCUT2D eigenvalue weighted by molar-refractivity contribution is -0.137. The Balaban J connectivity index is 1.31. The average molecular weight is 431 g/mol. The maximum Gasteiger partial charge on any atom is 0.416 e. The highest BCUT2D eigenvalue weighted by atomic mass is 19.4. The van der Waals surface area contributed by atoms with Crippen LogP contribution in [0.3, 0.4) is 0 Å². The van der Waals surface area contributed by atoms with Crippen molar-refractivity contribution in [3.8, 4) is 5.75 Å². The van der Waals surface area contributed by atoms with Crippen LogP contribution in [0.25, 0.3) is 23.3 Å². The van der Waals surface area contributed by atoms with E-state index in [0.717, 1.165) is 11.3 Å². The van der Waals surface area contributed by atoms with Gasteiger partial charge in [-0.15, -0.1) is 0 Å². The highest BCUT2D eigenvalue weighted by Gasteiger charge is 2.32. The van der Waals surface area contributed by atoms with Crippen molar-refractivity contribution in [1.82, 2.24) is 20.2 Å². The topological polar surface area (TPSA) is 79.2 Å². The number of aromatic nitrogens is 3. The standard InChI is InChI=1S/C20H13F4N5O2/c21-15-7-12(20(22,23)24)8-16-18(15)28-19(27-16)26-13-1-3-14(4-2-13)31-29-6-5-17-11(10-29)9-25-30-17/h1-5,7-10H,6H2,(H2,26,27,28). The van der Waals surface area contributed by atoms with Gasteiger partial charge in [0.1, 0.15) is 5.52 Å². The number of halogens is 4. The first-order valence-electron chi connectivity index (χ1n) is 9.06. The van der Waals surface area contributed by atoms with Crippen molar-refractivity contribution in [2.75, 3.05) is 11.9 Å². The van der Waals surface area contributed by atoms with Gasteiger partial charge in [-0.05, 0) is 42.5 Å². The minimum Gasteiger partial charge on any atom is -0.380 e. The summed E-state index contributed by atoms with van der Waals surface area (Å²) in [5, 5.41) is 9.03. The molecule has 0 radical (unpaired) electrons. The van der Waals surface area contributed by atoms with Crippen LogP contribution in [0, 0.1) is 5.82 Å². The number of rotatable bonds is 4. The number of H-pyrrole nitrogens is 1. The second kappa shape index (κ2) is 7.04. The van der Waals surface area contributed by atoms with Gasteiger partial charge in [0.25, 0.3) is 0 Å². The number of hydrogen-bond acceptors (Lipinski definition) is 6. The second-order valence-electron chi connectivity index (χ2n) is 6.76. The summed E-state index contributed by atoms with van der Waals surface area (Å²) in [4.78, 5) is 12.4. The second-order valence-corrected chi connectivity index (χ2v) is 6.76. The average Bonchev–Trinajstić information content (AvgIpc) is 3.35. The van der Waals surface area contributed by atoms with Crippen LogP contribution in [0.1, 0.15) is 5.56 Å². The number of hydroxylamine groups is 2. The Bertz CT molecular complexity index is 1380. The van der Waals surface area contributed by atoms with E-state index >= 15 is 0 Å². The normalized spacial score (nSPS) is 13.5. The Morgan fingerprint density at radius 2 is 1.97 bits per heavy atom. The number of nitrogens with zero attached hydrogens (tertiary/aromatic N) is 3. The summed E-state index contributed by atoms with van der Waals surface area (Å²) >= 11 is 0. The molecule has 0 unspecified atom stereocenters. The maximum atomic E-state index is 14.0. The number of benzene rings is 2. The van der Waals surface area contributed by atoms with Gasteiger partial charge in [-0.25, -0.2) is 14.4 Å². The van der Waals surface area contributed by atoms with Crippen LogP contribution in [0.15, 0.2) is 47.1 Å². The predicted octanol–water partition coefficient (Wildman–Crippen LogP) is 3.28. The summed E-state index contributed by atoms with van der Waals surface area (Å²) in [6.45, 7) is 0.479. The summed E-state index contributed by atoms with van der Waals surface area (Å²) in [5.74, 6) is -0.384. The molecule has 4 aromatic rings. The van der Waals surface area contributed by atoms with Gasteiger partial charge in [0, 0.05) is 5.69 Å². The van der Waals surface area contributed by atoms with E-state index in [1.807, 2.05) is 6.08 Å². The number of hydrogen-bond donors (Lipinski definition) is 2. The number of nitrogens with one attached hydrogen (secondary N) is 2. The molecule has 0 saturated carbocycles. The highest BCUT2D eigenvalue weighted by molar-refractivity contribution is 5.80. The molecule has 31 heavy (non-hydrogen) atoms. The molecule has 2 aromatic carbocycles. The molecule has 0 spiro atoms. The summed E-state index contributed by atoms with van der Waals surface area (Å²) in [7, 11) is 0. The molecule has 0 saturated heterocycles. The van der Waals surface area contributed by atoms with Gasteiger partial charge < -0.3 is 19.7 Å². The van der Waals surface area contributed by atoms with E-state index in [4.69, 9.17) is 9.36 Å². The van der Waals surface area contributed by atoms with E-state index < -0.39 is 17.6 Å². The molecular weight excluding hydrogens is 418 g/mol. The number of fused-ring (bicyclic) bond motifs is 2. The molecular formula is C20H13F4N5O2. The lowest BCUT2D eigenvalue weighted by Gasteiger charge is -2.20. The molecule has 158 valence electrons. The molecule has 0 fully saturated rings. The first-order valence-corrected chi connectivity index (χ1v) is 9.06. The molecule has 2 aromatic heterocycles. The number of anilines is 2. The van der Waals surface area contributed by atoms with E-state index in [0.29, 0.717) is 29.5 Å². The summed E-state index contributed by atoms with van der Waals surface area (Å²) in [6, 6.07) is 8.03. The fraction of sp³-hybridized carbons (Fsp3) is 0.100. The minimum atomic E-state index is -4.65. The van der Waals surface area contributed by atoms with Crippen LogP contribution < -0.4 is 20.8 Å². The van der Waals surface area contributed by atoms with E-state index in [-0.39, 0.29) is 17.0 Å². The number of alkyl halides is 3. The van der Waals surface area contributed by atoms with Gasteiger partial charge in [-0.2, -0.15) is 13.2 Å². The van der Waals surface area contributed by atoms with Gasteiger partial charge in [-0.1, -0.05) is 5.16 Å². The van der Waals surface area contributed by atoms with Crippen molar-refractivity contribution in [2.24, 2.45) is 0 Å². The predicted molar refractivity (Wildman–Crippen MR) is 103 cm³/mol. The smallest absolute Gasteiger partial charge is 0.380 e. The van der Waals surface area contributed by atoms with Gasteiger partial charge >= 0.3 is 6.18 Å². The van der Waals surface area contributed by atoms with E-state index in [1.54, 1.807) is 41.7 Å². The van der Waals surface area contributed by atoms with Crippen LogP contribution in [-0.2, 0) is 6.18 Å². The first kappa shape index (κ1) is 19.0. The Labute approximate surface area is 171 Å². The zero-order chi connectivity index (χ0) is 21.6. The fourth-order valence-electron chi connectivity index (χ4n) is 3.12. The molecule has 2 N–H and O–H groups in total. The molecule has 11 heteroatoms. The molecule has 7 nitrogen and oxygen atoms in total. The lowest BCUT2D eigenvalue weighted by atomic mass is 10.2. The van der Waals surface area contributed by atoms with Crippen LogP contribution >= 0.6 is 0 Å². The molecule has 5 rings (SSSR count). The van der Waals surface area contributed by atoms with Gasteiger partial charge in [0.2, 0.25) is 5.95 Å². The SMILES string of the molecule is Fc1cc(C(F)(F)F)cc2[nH]c(Nc3ccc(ON4C=c5cnoc5=CC4)cc3)nc12. The third-order valence-electron chi connectivity index (χ3n) is 4.57. The van der Waals surface area contributed by atoms with Crippen molar-refractivity contribution in [3.63, 3.8) is 0 Å². The van der Waals surface area contributed by atoms with E-state index in [9.17, 15) is 17.6 Å². The van der Waals surface area contributed by atoms with Crippen molar-refractivity contribution >= 4 is 34.9 Å². The molecule has 0 amide bonds. The quantitative estimate of drug-likeness (QED) is 0.483. The van der Waals surface area contributed by atoms with Crippen LogP contribution in [0.4, 0.5) is 29.2 Å². The van der Waals surface area contributed by atoms with Gasteiger partial charge in [0.15, 0.2) is 17.0 Å². The fourth-order valence-corrected chi connectivity index (χ4v) is 3.12. The maximum absolute atomic E-state index is 14.0. The van der Waals surface area contributed by atoms with Crippen molar-refractivity contribution in [1.29, 1.82) is 0 Å². The number of imidazole rings is 1. The zero-order valence-corrected chi connectivity index (χ0v) is 15.6. The van der Waals surface area contributed by atoms with Crippen molar-refractivity contribution < 1.29 is 26.9 Å². The lowest BCUT2D eigenvalue weighted by Crippen LogP contribution is -2.34. The largest absolute Gasteiger partial charge is 0.416 e. The van der Waals surface area contributed by atoms with E-state index in [2.05, 4.69) is 20.4 Å². The molecule has 0 aliphatic carbocycles. The highest BCUT2D eigenvalue weighted by Crippen LogP contribution is 2.33. The van der Waals surface area contributed by atoms with Crippen LogP contribution in [0.5, 0.6) is 5.75 Å². The Morgan fingerprint density at radius 3 is 2.74 bits per heavy atom. The summed E-state index contributed by atoms with van der Waals surface area (Å²) in [6.07, 6.45) is 0.532. The van der Waals surface area contributed by atoms with Crippen LogP contribution in [0.2, 0.25) is 0 Å². The van der Waals surface area contributed by atoms with Crippen molar-refractivity contribution in [3.05, 3.63) is 64.6 Å². The zero-order valence-electron chi connectivity index (χ0n) is 15.6. The van der Waals surface area contributed by atoms with E-state index in [1.165, 1.54) is 0 Å². The summed E-state index contributed by atoms with van der Waals surface area (Å²) < 4.78 is 57.7. The molecule has 0 bridgehead atoms. The third-order valence-corrected chi connectivity index (χ3v) is 4.57. The monoisotopic (exact) mass is 431 g/mol. The minimum absolute atomic E-state index is 0.0558.